The number of nitrogens with one attached hydrogen (secondary N) is 1. The Bertz CT molecular complexity index is 317. The van der Waals surface area contributed by atoms with Crippen LogP contribution >= 0.6 is 11.6 Å². The van der Waals surface area contributed by atoms with Crippen molar-refractivity contribution in [3.8, 4) is 0 Å². The van der Waals surface area contributed by atoms with Gasteiger partial charge < -0.3 is 10.1 Å². The summed E-state index contributed by atoms with van der Waals surface area (Å²) in [5.74, 6) is 0.329. The van der Waals surface area contributed by atoms with Crippen molar-refractivity contribution in [2.45, 2.75) is 26.2 Å². The second-order valence-corrected chi connectivity index (χ2v) is 4.49. The van der Waals surface area contributed by atoms with Gasteiger partial charge in [0.25, 0.3) is 0 Å². The van der Waals surface area contributed by atoms with Gasteiger partial charge in [-0.2, -0.15) is 0 Å². The highest BCUT2D eigenvalue weighted by molar-refractivity contribution is 6.31. The zero-order valence-electron chi connectivity index (χ0n) is 10.7. The molecule has 96 valence electrons. The molecule has 0 heterocycles. The van der Waals surface area contributed by atoms with Gasteiger partial charge in [-0.15, -0.1) is 0 Å². The van der Waals surface area contributed by atoms with Gasteiger partial charge >= 0.3 is 0 Å². The van der Waals surface area contributed by atoms with Crippen molar-refractivity contribution in [2.75, 3.05) is 26.3 Å². The van der Waals surface area contributed by atoms with E-state index in [0.717, 1.165) is 37.7 Å². The molecule has 1 aromatic rings. The summed E-state index contributed by atoms with van der Waals surface area (Å²) in [5.41, 5.74) is 1.17. The second-order valence-electron chi connectivity index (χ2n) is 4.08. The summed E-state index contributed by atoms with van der Waals surface area (Å²) in [6.07, 6.45) is 1.14. The lowest BCUT2D eigenvalue weighted by molar-refractivity contribution is 0.131. The molecule has 1 atom stereocenters. The van der Waals surface area contributed by atoms with Crippen molar-refractivity contribution >= 4 is 11.6 Å². The maximum atomic E-state index is 6.23. The minimum Gasteiger partial charge on any atom is -0.381 e. The van der Waals surface area contributed by atoms with Crippen LogP contribution in [0.5, 0.6) is 0 Å². The molecule has 17 heavy (non-hydrogen) atoms. The smallest absolute Gasteiger partial charge is 0.0547 e. The molecule has 2 nitrogen and oxygen atoms in total. The van der Waals surface area contributed by atoms with Crippen LogP contribution in [0.15, 0.2) is 24.3 Å². The Labute approximate surface area is 109 Å². The third-order valence-electron chi connectivity index (χ3n) is 2.69. The molecule has 1 aromatic carbocycles. The number of benzene rings is 1. The molecule has 1 rings (SSSR count). The van der Waals surface area contributed by atoms with E-state index in [4.69, 9.17) is 16.3 Å². The quantitative estimate of drug-likeness (QED) is 0.719. The van der Waals surface area contributed by atoms with Crippen LogP contribution in [0, 0.1) is 0 Å². The van der Waals surface area contributed by atoms with Gasteiger partial charge in [0, 0.05) is 24.1 Å². The predicted octanol–water partition coefficient (Wildman–Crippen LogP) is 3.46. The van der Waals surface area contributed by atoms with Crippen molar-refractivity contribution in [1.82, 2.24) is 5.32 Å². The summed E-state index contributed by atoms with van der Waals surface area (Å²) in [6.45, 7) is 7.60. The summed E-state index contributed by atoms with van der Waals surface area (Å²) in [4.78, 5) is 0. The highest BCUT2D eigenvalue weighted by atomic mass is 35.5. The first-order chi connectivity index (χ1) is 8.29. The van der Waals surface area contributed by atoms with Crippen molar-refractivity contribution in [2.24, 2.45) is 0 Å². The van der Waals surface area contributed by atoms with Gasteiger partial charge in [-0.05, 0) is 31.5 Å². The normalized spacial score (nSPS) is 12.6. The van der Waals surface area contributed by atoms with Crippen LogP contribution in [0.2, 0.25) is 5.02 Å². The highest BCUT2D eigenvalue weighted by Gasteiger charge is 2.14. The molecule has 3 heteroatoms. The topological polar surface area (TPSA) is 21.3 Å². The Kier molecular flexibility index (Phi) is 7.25. The van der Waals surface area contributed by atoms with E-state index in [-0.39, 0.29) is 0 Å². The fourth-order valence-electron chi connectivity index (χ4n) is 1.78. The molecule has 0 amide bonds. The molecule has 0 fully saturated rings. The maximum Gasteiger partial charge on any atom is 0.0547 e. The van der Waals surface area contributed by atoms with Crippen LogP contribution in [0.4, 0.5) is 0 Å². The lowest BCUT2D eigenvalue weighted by Crippen LogP contribution is -2.25. The van der Waals surface area contributed by atoms with Crippen molar-refractivity contribution < 1.29 is 4.74 Å². The molecule has 0 spiro atoms. The first-order valence-corrected chi connectivity index (χ1v) is 6.70. The minimum absolute atomic E-state index is 0.329. The summed E-state index contributed by atoms with van der Waals surface area (Å²) in [6, 6.07) is 8.01. The fourth-order valence-corrected chi connectivity index (χ4v) is 2.07. The summed E-state index contributed by atoms with van der Waals surface area (Å²) in [7, 11) is 0. The first kappa shape index (κ1) is 14.5. The first-order valence-electron chi connectivity index (χ1n) is 6.32. The van der Waals surface area contributed by atoms with Crippen LogP contribution in [0.3, 0.4) is 0 Å². The number of hydrogen-bond donors (Lipinski definition) is 1. The van der Waals surface area contributed by atoms with Crippen LogP contribution in [0.1, 0.15) is 31.7 Å². The fraction of sp³-hybridized carbons (Fsp3) is 0.571. The Hall–Kier alpha value is -0.570. The van der Waals surface area contributed by atoms with E-state index in [1.54, 1.807) is 0 Å². The third-order valence-corrected chi connectivity index (χ3v) is 3.03. The average molecular weight is 256 g/mol. The molecule has 0 aliphatic heterocycles. The lowest BCUT2D eigenvalue weighted by atomic mass is 10.00. The molecule has 1 unspecified atom stereocenters. The Morgan fingerprint density at radius 1 is 1.29 bits per heavy atom. The average Bonchev–Trinajstić information content (AvgIpc) is 2.35. The molecule has 0 bridgehead atoms. The van der Waals surface area contributed by atoms with E-state index in [1.807, 2.05) is 25.1 Å². The molecular weight excluding hydrogens is 234 g/mol. The van der Waals surface area contributed by atoms with Crippen molar-refractivity contribution in [1.29, 1.82) is 0 Å². The molecule has 0 aromatic heterocycles. The van der Waals surface area contributed by atoms with Gasteiger partial charge in [0.05, 0.1) is 6.61 Å². The van der Waals surface area contributed by atoms with Gasteiger partial charge in [0.2, 0.25) is 0 Å². The van der Waals surface area contributed by atoms with Gasteiger partial charge in [0.1, 0.15) is 0 Å². The summed E-state index contributed by atoms with van der Waals surface area (Å²) >= 11 is 6.23. The van der Waals surface area contributed by atoms with Gasteiger partial charge in [0.15, 0.2) is 0 Å². The van der Waals surface area contributed by atoms with Gasteiger partial charge in [-0.1, -0.05) is 36.7 Å². The molecule has 0 aliphatic carbocycles. The number of halogens is 1. The van der Waals surface area contributed by atoms with E-state index in [0.29, 0.717) is 5.92 Å². The Morgan fingerprint density at radius 3 is 2.71 bits per heavy atom. The largest absolute Gasteiger partial charge is 0.381 e. The lowest BCUT2D eigenvalue weighted by Gasteiger charge is -2.19. The Balaban J connectivity index is 2.64. The highest BCUT2D eigenvalue weighted by Crippen LogP contribution is 2.24. The molecule has 0 saturated heterocycles. The summed E-state index contributed by atoms with van der Waals surface area (Å²) < 4.78 is 5.54. The van der Waals surface area contributed by atoms with Gasteiger partial charge in [-0.25, -0.2) is 0 Å². The van der Waals surface area contributed by atoms with Crippen molar-refractivity contribution in [3.63, 3.8) is 0 Å². The predicted molar refractivity (Wildman–Crippen MR) is 73.8 cm³/mol. The molecule has 0 saturated carbocycles. The zero-order chi connectivity index (χ0) is 12.5. The minimum atomic E-state index is 0.329. The van der Waals surface area contributed by atoms with Gasteiger partial charge in [-0.3, -0.25) is 0 Å². The number of ether oxygens (including phenoxy) is 1. The van der Waals surface area contributed by atoms with Crippen LogP contribution in [-0.4, -0.2) is 26.3 Å². The maximum absolute atomic E-state index is 6.23. The number of hydrogen-bond acceptors (Lipinski definition) is 2. The standard InChI is InChI=1S/C14H22ClNO/c1-3-9-16-10-12(11-17-4-2)13-7-5-6-8-14(13)15/h5-8,12,16H,3-4,9-11H2,1-2H3. The van der Waals surface area contributed by atoms with Crippen LogP contribution in [0.25, 0.3) is 0 Å². The Morgan fingerprint density at radius 2 is 2.06 bits per heavy atom. The molecule has 1 N–H and O–H groups in total. The van der Waals surface area contributed by atoms with Crippen LogP contribution in [-0.2, 0) is 4.74 Å². The monoisotopic (exact) mass is 255 g/mol. The zero-order valence-corrected chi connectivity index (χ0v) is 11.5. The van der Waals surface area contributed by atoms with E-state index in [1.165, 1.54) is 5.56 Å². The van der Waals surface area contributed by atoms with E-state index in [2.05, 4.69) is 18.3 Å². The van der Waals surface area contributed by atoms with E-state index in [9.17, 15) is 0 Å². The molecular formula is C14H22ClNO. The van der Waals surface area contributed by atoms with Crippen molar-refractivity contribution in [3.05, 3.63) is 34.9 Å². The van der Waals surface area contributed by atoms with E-state index >= 15 is 0 Å². The molecule has 0 radical (unpaired) electrons. The SMILES string of the molecule is CCCNCC(COCC)c1ccccc1Cl. The summed E-state index contributed by atoms with van der Waals surface area (Å²) in [5, 5.41) is 4.26. The van der Waals surface area contributed by atoms with E-state index < -0.39 is 0 Å². The number of rotatable bonds is 8. The molecule has 0 aliphatic rings. The van der Waals surface area contributed by atoms with Crippen LogP contribution < -0.4 is 5.32 Å². The second kappa shape index (κ2) is 8.51. The third kappa shape index (κ3) is 5.07.